The van der Waals surface area contributed by atoms with Crippen LogP contribution in [0.15, 0.2) is 52.2 Å². The Kier molecular flexibility index (Phi) is 7.43. The molecule has 10 heteroatoms. The Labute approximate surface area is 211 Å². The van der Waals surface area contributed by atoms with Crippen molar-refractivity contribution in [2.45, 2.75) is 50.5 Å². The summed E-state index contributed by atoms with van der Waals surface area (Å²) in [6.07, 6.45) is 6.39. The number of hydrogen-bond acceptors (Lipinski definition) is 8. The Hall–Kier alpha value is -2.79. The largest absolute Gasteiger partial charge is 0.369 e. The Morgan fingerprint density at radius 3 is 2.74 bits per heavy atom. The number of thioether (sulfide) groups is 1. The molecule has 0 bridgehead atoms. The molecule has 1 aliphatic carbocycles. The number of aromatic nitrogens is 2. The van der Waals surface area contributed by atoms with Gasteiger partial charge in [-0.3, -0.25) is 4.79 Å². The Bertz CT molecular complexity index is 1210. The number of anilines is 1. The summed E-state index contributed by atoms with van der Waals surface area (Å²) in [7, 11) is 0. The lowest BCUT2D eigenvalue weighted by molar-refractivity contribution is 0.192. The van der Waals surface area contributed by atoms with Gasteiger partial charge in [-0.05, 0) is 95.2 Å². The zero-order chi connectivity index (χ0) is 24.2. The molecule has 1 atom stereocenters. The number of nitrogens with one attached hydrogen (secondary N) is 3. The second kappa shape index (κ2) is 10.9. The minimum absolute atomic E-state index is 0.215. The van der Waals surface area contributed by atoms with Crippen LogP contribution in [0.3, 0.4) is 0 Å². The average molecular weight is 512 g/mol. The topological polar surface area (TPSA) is 99.2 Å². The predicted octanol–water partition coefficient (Wildman–Crippen LogP) is 4.97. The number of hydrogen-bond donors (Lipinski definition) is 4. The minimum Gasteiger partial charge on any atom is -0.369 e. The van der Waals surface area contributed by atoms with Crippen molar-refractivity contribution in [1.29, 1.82) is 0 Å². The summed E-state index contributed by atoms with van der Waals surface area (Å²) in [6.45, 7) is 0.704. The quantitative estimate of drug-likeness (QED) is 0.355. The van der Waals surface area contributed by atoms with E-state index in [1.54, 1.807) is 35.7 Å². The molecule has 1 unspecified atom stereocenters. The lowest BCUT2D eigenvalue weighted by Gasteiger charge is -2.30. The minimum atomic E-state index is -0.988. The van der Waals surface area contributed by atoms with Crippen LogP contribution in [0.1, 0.15) is 36.9 Å². The van der Waals surface area contributed by atoms with E-state index in [0.29, 0.717) is 29.1 Å². The first-order valence-electron chi connectivity index (χ1n) is 11.6. The van der Waals surface area contributed by atoms with Crippen LogP contribution in [0.25, 0.3) is 17.2 Å². The molecule has 3 heterocycles. The van der Waals surface area contributed by atoms with Gasteiger partial charge in [-0.2, -0.15) is 11.3 Å². The Morgan fingerprint density at radius 2 is 2.00 bits per heavy atom. The van der Waals surface area contributed by atoms with Crippen LogP contribution in [0, 0.1) is 5.82 Å². The third-order valence-electron chi connectivity index (χ3n) is 6.25. The summed E-state index contributed by atoms with van der Waals surface area (Å²) in [4.78, 5) is 20.8. The number of halogens is 1. The van der Waals surface area contributed by atoms with E-state index in [-0.39, 0.29) is 17.1 Å². The smallest absolute Gasteiger partial charge is 0.285 e. The zero-order valence-electron chi connectivity index (χ0n) is 18.9. The van der Waals surface area contributed by atoms with Crippen molar-refractivity contribution in [2.75, 3.05) is 5.32 Å². The summed E-state index contributed by atoms with van der Waals surface area (Å²) in [5.41, 5.74) is 3.74. The fourth-order valence-electron chi connectivity index (χ4n) is 4.42. The standard InChI is InChI=1S/C25H26FN5O2S2/c26-17-2-1-15(21(11-17)16-8-10-34-14-16)13-28-18-3-5-19(6-4-18)29-24-27-9-7-20(30-24)12-22-23(32)31-25(33)35-22/h1-2,7-12,14,18-19,23,28,32H,3-6,13H2,(H,31,33)(H,27,29,30)/b22-12-. The molecule has 5 rings (SSSR count). The number of aliphatic hydroxyl groups excluding tert-OH is 1. The molecular weight excluding hydrogens is 485 g/mol. The molecule has 1 aliphatic heterocycles. The number of aliphatic hydroxyl groups is 1. The number of nitrogens with zero attached hydrogens (tertiary/aromatic N) is 2. The maximum atomic E-state index is 13.8. The normalized spacial score (nSPS) is 23.4. The number of amides is 1. The predicted molar refractivity (Wildman–Crippen MR) is 138 cm³/mol. The molecule has 3 aromatic rings. The van der Waals surface area contributed by atoms with Gasteiger partial charge in [0.1, 0.15) is 5.82 Å². The van der Waals surface area contributed by atoms with Crippen LogP contribution in [0.5, 0.6) is 0 Å². The second-order valence-electron chi connectivity index (χ2n) is 8.68. The fourth-order valence-corrected chi connectivity index (χ4v) is 5.81. The van der Waals surface area contributed by atoms with Gasteiger partial charge in [-0.25, -0.2) is 14.4 Å². The maximum absolute atomic E-state index is 13.8. The monoisotopic (exact) mass is 511 g/mol. The highest BCUT2D eigenvalue weighted by molar-refractivity contribution is 8.17. The summed E-state index contributed by atoms with van der Waals surface area (Å²) in [5, 5.41) is 23.2. The van der Waals surface area contributed by atoms with E-state index < -0.39 is 6.23 Å². The highest BCUT2D eigenvalue weighted by atomic mass is 32.2. The van der Waals surface area contributed by atoms with E-state index in [1.807, 2.05) is 22.9 Å². The van der Waals surface area contributed by atoms with Gasteiger partial charge in [0, 0.05) is 29.7 Å². The lowest BCUT2D eigenvalue weighted by Crippen LogP contribution is -2.37. The van der Waals surface area contributed by atoms with Crippen LogP contribution >= 0.6 is 23.1 Å². The molecule has 0 radical (unpaired) electrons. The van der Waals surface area contributed by atoms with Gasteiger partial charge in [-0.15, -0.1) is 0 Å². The van der Waals surface area contributed by atoms with Gasteiger partial charge in [-0.1, -0.05) is 6.07 Å². The molecule has 35 heavy (non-hydrogen) atoms. The van der Waals surface area contributed by atoms with E-state index in [9.17, 15) is 14.3 Å². The summed E-state index contributed by atoms with van der Waals surface area (Å²) in [5.74, 6) is 0.326. The van der Waals surface area contributed by atoms with E-state index >= 15 is 0 Å². The molecule has 1 amide bonds. The van der Waals surface area contributed by atoms with E-state index in [1.165, 1.54) is 6.07 Å². The molecule has 1 saturated carbocycles. The number of benzene rings is 1. The first-order chi connectivity index (χ1) is 17.0. The summed E-state index contributed by atoms with van der Waals surface area (Å²) < 4.78 is 13.8. The van der Waals surface area contributed by atoms with Gasteiger partial charge < -0.3 is 21.1 Å². The number of rotatable bonds is 7. The third-order valence-corrected chi connectivity index (χ3v) is 7.81. The Balaban J connectivity index is 1.14. The van der Waals surface area contributed by atoms with Crippen molar-refractivity contribution in [3.8, 4) is 11.1 Å². The zero-order valence-corrected chi connectivity index (χ0v) is 20.5. The lowest BCUT2D eigenvalue weighted by atomic mass is 9.91. The molecule has 1 saturated heterocycles. The van der Waals surface area contributed by atoms with Crippen LogP contribution in [-0.2, 0) is 6.54 Å². The molecule has 0 spiro atoms. The van der Waals surface area contributed by atoms with Crippen molar-refractivity contribution in [1.82, 2.24) is 20.6 Å². The molecule has 7 nitrogen and oxygen atoms in total. The highest BCUT2D eigenvalue weighted by Crippen LogP contribution is 2.29. The number of thiophene rings is 1. The van der Waals surface area contributed by atoms with Gasteiger partial charge in [0.15, 0.2) is 6.23 Å². The Morgan fingerprint density at radius 1 is 1.17 bits per heavy atom. The van der Waals surface area contributed by atoms with Crippen molar-refractivity contribution in [3.63, 3.8) is 0 Å². The van der Waals surface area contributed by atoms with Crippen molar-refractivity contribution in [3.05, 3.63) is 69.3 Å². The molecule has 4 N–H and O–H groups in total. The van der Waals surface area contributed by atoms with Gasteiger partial charge >= 0.3 is 0 Å². The van der Waals surface area contributed by atoms with Crippen LogP contribution in [-0.4, -0.2) is 38.6 Å². The molecule has 2 aliphatic rings. The molecule has 182 valence electrons. The van der Waals surface area contributed by atoms with E-state index in [0.717, 1.165) is 54.1 Å². The average Bonchev–Trinajstić information content (AvgIpc) is 3.49. The van der Waals surface area contributed by atoms with Gasteiger partial charge in [0.05, 0.1) is 5.69 Å². The van der Waals surface area contributed by atoms with E-state index in [2.05, 4.69) is 25.9 Å². The van der Waals surface area contributed by atoms with Crippen molar-refractivity contribution < 1.29 is 14.3 Å². The molecule has 2 fully saturated rings. The fraction of sp³-hybridized carbons (Fsp3) is 0.320. The van der Waals surface area contributed by atoms with Crippen LogP contribution in [0.2, 0.25) is 0 Å². The summed E-state index contributed by atoms with van der Waals surface area (Å²) in [6, 6.07) is 9.46. The van der Waals surface area contributed by atoms with Crippen LogP contribution < -0.4 is 16.0 Å². The first kappa shape index (κ1) is 23.9. The number of carbonyl (C=O) groups is 1. The van der Waals surface area contributed by atoms with E-state index in [4.69, 9.17) is 0 Å². The van der Waals surface area contributed by atoms with Crippen LogP contribution in [0.4, 0.5) is 15.1 Å². The maximum Gasteiger partial charge on any atom is 0.285 e. The molecule has 1 aromatic carbocycles. The van der Waals surface area contributed by atoms with Gasteiger partial charge in [0.2, 0.25) is 5.95 Å². The molecular formula is C25H26FN5O2S2. The highest BCUT2D eigenvalue weighted by Gasteiger charge is 2.26. The summed E-state index contributed by atoms with van der Waals surface area (Å²) >= 11 is 2.58. The van der Waals surface area contributed by atoms with Crippen molar-refractivity contribution >= 4 is 40.4 Å². The first-order valence-corrected chi connectivity index (χ1v) is 13.3. The molecule has 2 aromatic heterocycles. The van der Waals surface area contributed by atoms with Gasteiger partial charge in [0.25, 0.3) is 5.24 Å². The SMILES string of the molecule is O=C1NC(O)/C(=C/c2ccnc(NC3CCC(NCc4ccc(F)cc4-c4ccsc4)CC3)n2)S1. The number of carbonyl (C=O) groups excluding carboxylic acids is 1. The second-order valence-corrected chi connectivity index (χ2v) is 10.5. The third kappa shape index (κ3) is 6.07. The van der Waals surface area contributed by atoms with Crippen molar-refractivity contribution in [2.24, 2.45) is 0 Å².